The standard InChI is InChI=1S/C17H10ClF4N3O2/c18-11-2-1-3-13(14(11)20)25(8-26)7-10-5-4-9(6-12(10)19)16-23-24-17(27-16)15(21)22/h1-6,8,15H,7H2. The molecule has 0 radical (unpaired) electrons. The molecular formula is C17H10ClF4N3O2. The molecule has 0 aliphatic heterocycles. The molecule has 27 heavy (non-hydrogen) atoms. The van der Waals surface area contributed by atoms with Crippen LogP contribution in [0, 0.1) is 11.6 Å². The molecule has 0 atom stereocenters. The SMILES string of the molecule is O=CN(Cc1ccc(-c2nnc(C(F)F)o2)cc1F)c1cccc(Cl)c1F. The second-order valence-electron chi connectivity index (χ2n) is 5.36. The second-order valence-corrected chi connectivity index (χ2v) is 5.77. The van der Waals surface area contributed by atoms with Crippen molar-refractivity contribution in [3.05, 3.63) is 64.5 Å². The molecule has 0 aliphatic rings. The summed E-state index contributed by atoms with van der Waals surface area (Å²) in [6.45, 7) is -0.279. The topological polar surface area (TPSA) is 59.2 Å². The van der Waals surface area contributed by atoms with Crippen LogP contribution in [0.1, 0.15) is 17.9 Å². The van der Waals surface area contributed by atoms with Crippen LogP contribution in [0.4, 0.5) is 23.2 Å². The van der Waals surface area contributed by atoms with Crippen molar-refractivity contribution in [2.75, 3.05) is 4.90 Å². The monoisotopic (exact) mass is 399 g/mol. The van der Waals surface area contributed by atoms with Gasteiger partial charge in [0.15, 0.2) is 5.82 Å². The van der Waals surface area contributed by atoms with Gasteiger partial charge in [-0.05, 0) is 24.3 Å². The van der Waals surface area contributed by atoms with E-state index in [4.69, 9.17) is 16.0 Å². The van der Waals surface area contributed by atoms with E-state index in [2.05, 4.69) is 10.2 Å². The van der Waals surface area contributed by atoms with Gasteiger partial charge in [-0.3, -0.25) is 4.79 Å². The first-order valence-electron chi connectivity index (χ1n) is 7.47. The number of alkyl halides is 2. The van der Waals surface area contributed by atoms with E-state index in [1.807, 2.05) is 0 Å². The van der Waals surface area contributed by atoms with Crippen LogP contribution >= 0.6 is 11.6 Å². The minimum absolute atomic E-state index is 0.0545. The molecule has 5 nitrogen and oxygen atoms in total. The zero-order chi connectivity index (χ0) is 19.6. The highest BCUT2D eigenvalue weighted by Crippen LogP contribution is 2.28. The average molecular weight is 400 g/mol. The molecule has 2 aromatic carbocycles. The maximum absolute atomic E-state index is 14.4. The van der Waals surface area contributed by atoms with Crippen molar-refractivity contribution in [1.29, 1.82) is 0 Å². The smallest absolute Gasteiger partial charge is 0.314 e. The molecule has 140 valence electrons. The Morgan fingerprint density at radius 2 is 1.96 bits per heavy atom. The summed E-state index contributed by atoms with van der Waals surface area (Å²) in [5.74, 6) is -2.73. The van der Waals surface area contributed by atoms with Gasteiger partial charge in [0.1, 0.15) is 5.82 Å². The number of benzene rings is 2. The highest BCUT2D eigenvalue weighted by Gasteiger charge is 2.19. The van der Waals surface area contributed by atoms with Crippen LogP contribution < -0.4 is 4.90 Å². The fraction of sp³-hybridized carbons (Fsp3) is 0.118. The fourth-order valence-corrected chi connectivity index (χ4v) is 2.49. The van der Waals surface area contributed by atoms with Crippen molar-refractivity contribution < 1.29 is 26.8 Å². The van der Waals surface area contributed by atoms with Gasteiger partial charge >= 0.3 is 6.43 Å². The van der Waals surface area contributed by atoms with Crippen LogP contribution in [0.25, 0.3) is 11.5 Å². The predicted molar refractivity (Wildman–Crippen MR) is 88.3 cm³/mol. The number of anilines is 1. The van der Waals surface area contributed by atoms with Crippen molar-refractivity contribution in [1.82, 2.24) is 10.2 Å². The second kappa shape index (κ2) is 7.75. The lowest BCUT2D eigenvalue weighted by Gasteiger charge is -2.19. The largest absolute Gasteiger partial charge is 0.415 e. The van der Waals surface area contributed by atoms with Gasteiger partial charge in [0.05, 0.1) is 17.3 Å². The van der Waals surface area contributed by atoms with Gasteiger partial charge in [0.2, 0.25) is 12.3 Å². The third-order valence-electron chi connectivity index (χ3n) is 3.64. The maximum atomic E-state index is 14.4. The molecule has 3 aromatic rings. The summed E-state index contributed by atoms with van der Waals surface area (Å²) in [4.78, 5) is 12.3. The van der Waals surface area contributed by atoms with Gasteiger partial charge < -0.3 is 9.32 Å². The first-order chi connectivity index (χ1) is 12.9. The van der Waals surface area contributed by atoms with E-state index >= 15 is 0 Å². The Morgan fingerprint density at radius 1 is 1.19 bits per heavy atom. The van der Waals surface area contributed by atoms with E-state index in [1.165, 1.54) is 30.3 Å². The van der Waals surface area contributed by atoms with Crippen LogP contribution in [0.3, 0.4) is 0 Å². The molecule has 0 unspecified atom stereocenters. The molecule has 0 bridgehead atoms. The van der Waals surface area contributed by atoms with Gasteiger partial charge in [-0.15, -0.1) is 10.2 Å². The Balaban J connectivity index is 1.86. The highest BCUT2D eigenvalue weighted by atomic mass is 35.5. The van der Waals surface area contributed by atoms with E-state index in [0.717, 1.165) is 11.0 Å². The first kappa shape index (κ1) is 18.8. The zero-order valence-electron chi connectivity index (χ0n) is 13.4. The van der Waals surface area contributed by atoms with E-state index in [-0.39, 0.29) is 34.3 Å². The van der Waals surface area contributed by atoms with Crippen molar-refractivity contribution in [3.63, 3.8) is 0 Å². The van der Waals surface area contributed by atoms with Crippen LogP contribution in [-0.4, -0.2) is 16.6 Å². The zero-order valence-corrected chi connectivity index (χ0v) is 14.1. The third kappa shape index (κ3) is 3.92. The highest BCUT2D eigenvalue weighted by molar-refractivity contribution is 6.31. The third-order valence-corrected chi connectivity index (χ3v) is 3.93. The Bertz CT molecular complexity index is 981. The number of rotatable bonds is 6. The van der Waals surface area contributed by atoms with Gasteiger partial charge in [-0.25, -0.2) is 8.78 Å². The van der Waals surface area contributed by atoms with Crippen molar-refractivity contribution >= 4 is 23.7 Å². The van der Waals surface area contributed by atoms with Crippen LogP contribution in [-0.2, 0) is 11.3 Å². The van der Waals surface area contributed by atoms with E-state index in [1.54, 1.807) is 0 Å². The molecule has 10 heteroatoms. The first-order valence-corrected chi connectivity index (χ1v) is 7.84. The molecule has 0 aliphatic carbocycles. The summed E-state index contributed by atoms with van der Waals surface area (Å²) < 4.78 is 58.2. The Labute approximate surface area is 155 Å². The van der Waals surface area contributed by atoms with Crippen molar-refractivity contribution in [3.8, 4) is 11.5 Å². The molecule has 1 aromatic heterocycles. The molecule has 3 rings (SSSR count). The molecule has 0 spiro atoms. The van der Waals surface area contributed by atoms with E-state index < -0.39 is 24.0 Å². The van der Waals surface area contributed by atoms with Gasteiger partial charge in [0, 0.05) is 11.1 Å². The molecule has 1 amide bonds. The number of nitrogens with zero attached hydrogens (tertiary/aromatic N) is 3. The molecule has 0 saturated heterocycles. The summed E-state index contributed by atoms with van der Waals surface area (Å²) in [5.41, 5.74) is 0.0283. The van der Waals surface area contributed by atoms with Gasteiger partial charge in [-0.2, -0.15) is 8.78 Å². The average Bonchev–Trinajstić information content (AvgIpc) is 3.14. The Kier molecular flexibility index (Phi) is 5.41. The fourth-order valence-electron chi connectivity index (χ4n) is 2.32. The van der Waals surface area contributed by atoms with E-state index in [9.17, 15) is 22.4 Å². The Hall–Kier alpha value is -2.94. The lowest BCUT2D eigenvalue weighted by Crippen LogP contribution is -2.22. The molecular weight excluding hydrogens is 390 g/mol. The lowest BCUT2D eigenvalue weighted by atomic mass is 10.1. The minimum atomic E-state index is -2.94. The maximum Gasteiger partial charge on any atom is 0.314 e. The number of aromatic nitrogens is 2. The van der Waals surface area contributed by atoms with Crippen LogP contribution in [0.5, 0.6) is 0 Å². The summed E-state index contributed by atoms with van der Waals surface area (Å²) in [6.07, 6.45) is -2.60. The minimum Gasteiger partial charge on any atom is -0.415 e. The quantitative estimate of drug-likeness (QED) is 0.442. The number of carbonyl (C=O) groups excluding carboxylic acids is 1. The molecule has 0 fully saturated rings. The molecule has 1 heterocycles. The molecule has 0 N–H and O–H groups in total. The van der Waals surface area contributed by atoms with Gasteiger partial charge in [0.25, 0.3) is 5.89 Å². The normalized spacial score (nSPS) is 11.0. The number of halogens is 5. The number of carbonyl (C=O) groups is 1. The Morgan fingerprint density at radius 3 is 2.59 bits per heavy atom. The van der Waals surface area contributed by atoms with Crippen molar-refractivity contribution in [2.45, 2.75) is 13.0 Å². The lowest BCUT2D eigenvalue weighted by molar-refractivity contribution is -0.107. The summed E-state index contributed by atoms with van der Waals surface area (Å²) >= 11 is 5.69. The van der Waals surface area contributed by atoms with Crippen molar-refractivity contribution in [2.24, 2.45) is 0 Å². The summed E-state index contributed by atoms with van der Waals surface area (Å²) in [5, 5.41) is 6.42. The number of amides is 1. The van der Waals surface area contributed by atoms with E-state index in [0.29, 0.717) is 6.41 Å². The van der Waals surface area contributed by atoms with Crippen LogP contribution in [0.2, 0.25) is 5.02 Å². The van der Waals surface area contributed by atoms with Crippen LogP contribution in [0.15, 0.2) is 40.8 Å². The number of hydrogen-bond donors (Lipinski definition) is 0. The van der Waals surface area contributed by atoms with Gasteiger partial charge in [-0.1, -0.05) is 23.7 Å². The summed E-state index contributed by atoms with van der Waals surface area (Å²) in [6, 6.07) is 7.75. The predicted octanol–water partition coefficient (Wildman–Crippen LogP) is 4.77. The molecule has 0 saturated carbocycles. The summed E-state index contributed by atoms with van der Waals surface area (Å²) in [7, 11) is 0. The number of hydrogen-bond acceptors (Lipinski definition) is 4.